The molecule has 1 saturated carbocycles. The molecule has 0 radical (unpaired) electrons. The Hall–Kier alpha value is -4.00. The summed E-state index contributed by atoms with van der Waals surface area (Å²) in [5.41, 5.74) is 4.17. The molecule has 7 nitrogen and oxygen atoms in total. The van der Waals surface area contributed by atoms with E-state index in [0.29, 0.717) is 22.8 Å². The van der Waals surface area contributed by atoms with Crippen molar-refractivity contribution in [3.63, 3.8) is 0 Å². The Morgan fingerprint density at radius 2 is 1.73 bits per heavy atom. The number of hydrogen-bond donors (Lipinski definition) is 3. The van der Waals surface area contributed by atoms with E-state index in [4.69, 9.17) is 0 Å². The van der Waals surface area contributed by atoms with Gasteiger partial charge in [0, 0.05) is 29.1 Å². The van der Waals surface area contributed by atoms with Crippen LogP contribution < -0.4 is 10.6 Å². The Morgan fingerprint density at radius 3 is 2.48 bits per heavy atom. The summed E-state index contributed by atoms with van der Waals surface area (Å²) in [6, 6.07) is 18.5. The van der Waals surface area contributed by atoms with Crippen molar-refractivity contribution in [3.8, 4) is 11.4 Å². The van der Waals surface area contributed by atoms with Crippen molar-refractivity contribution in [3.05, 3.63) is 78.1 Å². The van der Waals surface area contributed by atoms with Crippen LogP contribution in [-0.2, 0) is 0 Å². The molecule has 2 aromatic carbocycles. The summed E-state index contributed by atoms with van der Waals surface area (Å²) in [6.07, 6.45) is 7.32. The van der Waals surface area contributed by atoms with Gasteiger partial charge >= 0.3 is 0 Å². The van der Waals surface area contributed by atoms with E-state index in [1.54, 1.807) is 24.4 Å². The minimum atomic E-state index is -0.258. The van der Waals surface area contributed by atoms with E-state index in [1.807, 2.05) is 42.5 Å². The standard InChI is InChI=1S/C26H25N5O2/c32-25(28-19-6-2-1-3-7-19)18-11-14-21-23(16-18)31-24(30-21)17-9-12-20(13-10-17)29-26(33)22-8-4-5-15-27-22/h4-5,8-16,19H,1-3,6-7H2,(H,28,32)(H,29,33)(H,30,31). The first-order valence-electron chi connectivity index (χ1n) is 11.3. The van der Waals surface area contributed by atoms with E-state index >= 15 is 0 Å². The van der Waals surface area contributed by atoms with Crippen LogP contribution in [0.1, 0.15) is 53.0 Å². The van der Waals surface area contributed by atoms with Crippen molar-refractivity contribution in [2.24, 2.45) is 0 Å². The lowest BCUT2D eigenvalue weighted by molar-refractivity contribution is 0.0927. The number of fused-ring (bicyclic) bond motifs is 1. The average Bonchev–Trinajstić information content (AvgIpc) is 3.29. The van der Waals surface area contributed by atoms with Crippen molar-refractivity contribution >= 4 is 28.5 Å². The molecule has 2 heterocycles. The van der Waals surface area contributed by atoms with Gasteiger partial charge in [0.25, 0.3) is 11.8 Å². The van der Waals surface area contributed by atoms with Crippen LogP contribution in [0.3, 0.4) is 0 Å². The molecule has 0 bridgehead atoms. The number of nitrogens with zero attached hydrogens (tertiary/aromatic N) is 2. The lowest BCUT2D eigenvalue weighted by Gasteiger charge is -2.22. The van der Waals surface area contributed by atoms with E-state index in [2.05, 4.69) is 25.6 Å². The van der Waals surface area contributed by atoms with Gasteiger partial charge in [-0.1, -0.05) is 25.3 Å². The highest BCUT2D eigenvalue weighted by Crippen LogP contribution is 2.24. The average molecular weight is 440 g/mol. The smallest absolute Gasteiger partial charge is 0.274 e. The number of pyridine rings is 1. The number of imidazole rings is 1. The van der Waals surface area contributed by atoms with E-state index in [0.717, 1.165) is 29.4 Å². The van der Waals surface area contributed by atoms with Crippen molar-refractivity contribution in [2.75, 3.05) is 5.32 Å². The zero-order valence-electron chi connectivity index (χ0n) is 18.2. The van der Waals surface area contributed by atoms with Gasteiger partial charge in [0.2, 0.25) is 0 Å². The zero-order chi connectivity index (χ0) is 22.6. The Kier molecular flexibility index (Phi) is 5.85. The van der Waals surface area contributed by atoms with Gasteiger partial charge in [0.15, 0.2) is 0 Å². The summed E-state index contributed by atoms with van der Waals surface area (Å²) < 4.78 is 0. The molecule has 0 unspecified atom stereocenters. The lowest BCUT2D eigenvalue weighted by Crippen LogP contribution is -2.36. The quantitative estimate of drug-likeness (QED) is 0.410. The molecule has 0 aliphatic heterocycles. The van der Waals surface area contributed by atoms with Gasteiger partial charge in [-0.3, -0.25) is 14.6 Å². The second-order valence-corrected chi connectivity index (χ2v) is 8.37. The summed E-state index contributed by atoms with van der Waals surface area (Å²) in [6.45, 7) is 0. The van der Waals surface area contributed by atoms with Crippen LogP contribution in [-0.4, -0.2) is 32.8 Å². The monoisotopic (exact) mass is 439 g/mol. The van der Waals surface area contributed by atoms with Gasteiger partial charge in [0.1, 0.15) is 11.5 Å². The second kappa shape index (κ2) is 9.24. The topological polar surface area (TPSA) is 99.8 Å². The van der Waals surface area contributed by atoms with Crippen molar-refractivity contribution in [1.82, 2.24) is 20.3 Å². The first kappa shape index (κ1) is 20.9. The van der Waals surface area contributed by atoms with Crippen molar-refractivity contribution < 1.29 is 9.59 Å². The molecule has 1 aliphatic carbocycles. The molecule has 7 heteroatoms. The molecule has 0 spiro atoms. The Labute approximate surface area is 191 Å². The summed E-state index contributed by atoms with van der Waals surface area (Å²) in [5.74, 6) is 0.413. The first-order chi connectivity index (χ1) is 16.2. The zero-order valence-corrected chi connectivity index (χ0v) is 18.2. The molecule has 4 aromatic rings. The fraction of sp³-hybridized carbons (Fsp3) is 0.231. The minimum Gasteiger partial charge on any atom is -0.349 e. The third kappa shape index (κ3) is 4.77. The molecule has 2 amide bonds. The predicted molar refractivity (Wildman–Crippen MR) is 128 cm³/mol. The number of carbonyl (C=O) groups is 2. The summed E-state index contributed by atoms with van der Waals surface area (Å²) >= 11 is 0. The molecule has 2 aromatic heterocycles. The normalized spacial score (nSPS) is 14.2. The molecule has 1 aliphatic rings. The molecular weight excluding hydrogens is 414 g/mol. The SMILES string of the molecule is O=C(NC1CCCCC1)c1ccc2nc(-c3ccc(NC(=O)c4ccccn4)cc3)[nH]c2c1. The van der Waals surface area contributed by atoms with Crippen LogP contribution in [0, 0.1) is 0 Å². The fourth-order valence-electron chi connectivity index (χ4n) is 4.21. The van der Waals surface area contributed by atoms with Crippen LogP contribution in [0.2, 0.25) is 0 Å². The maximum Gasteiger partial charge on any atom is 0.274 e. The number of hydrogen-bond acceptors (Lipinski definition) is 4. The second-order valence-electron chi connectivity index (χ2n) is 8.37. The number of aromatic nitrogens is 3. The maximum atomic E-state index is 12.7. The Balaban J connectivity index is 1.29. The molecule has 1 fully saturated rings. The van der Waals surface area contributed by atoms with E-state index in [1.165, 1.54) is 19.3 Å². The van der Waals surface area contributed by atoms with Crippen LogP contribution in [0.5, 0.6) is 0 Å². The number of aromatic amines is 1. The van der Waals surface area contributed by atoms with Gasteiger partial charge in [-0.2, -0.15) is 0 Å². The van der Waals surface area contributed by atoms with Gasteiger partial charge in [0.05, 0.1) is 11.0 Å². The fourth-order valence-corrected chi connectivity index (χ4v) is 4.21. The highest BCUT2D eigenvalue weighted by molar-refractivity contribution is 6.03. The lowest BCUT2D eigenvalue weighted by atomic mass is 9.95. The van der Waals surface area contributed by atoms with Crippen molar-refractivity contribution in [2.45, 2.75) is 38.1 Å². The number of rotatable bonds is 5. The Bertz CT molecular complexity index is 1280. The number of benzene rings is 2. The summed E-state index contributed by atoms with van der Waals surface area (Å²) in [7, 11) is 0. The third-order valence-electron chi connectivity index (χ3n) is 6.00. The molecule has 3 N–H and O–H groups in total. The van der Waals surface area contributed by atoms with Crippen LogP contribution >= 0.6 is 0 Å². The predicted octanol–water partition coefficient (Wildman–Crippen LogP) is 4.94. The molecule has 166 valence electrons. The van der Waals surface area contributed by atoms with Gasteiger partial charge in [-0.15, -0.1) is 0 Å². The highest BCUT2D eigenvalue weighted by atomic mass is 16.2. The largest absolute Gasteiger partial charge is 0.349 e. The molecule has 5 rings (SSSR count). The third-order valence-corrected chi connectivity index (χ3v) is 6.00. The van der Waals surface area contributed by atoms with Gasteiger partial charge < -0.3 is 15.6 Å². The molecule has 0 saturated heterocycles. The van der Waals surface area contributed by atoms with Gasteiger partial charge in [-0.25, -0.2) is 4.98 Å². The van der Waals surface area contributed by atoms with Gasteiger partial charge in [-0.05, 0) is 67.4 Å². The number of amides is 2. The first-order valence-corrected chi connectivity index (χ1v) is 11.3. The molecule has 33 heavy (non-hydrogen) atoms. The van der Waals surface area contributed by atoms with Crippen LogP contribution in [0.25, 0.3) is 22.4 Å². The number of nitrogens with one attached hydrogen (secondary N) is 3. The number of carbonyl (C=O) groups excluding carboxylic acids is 2. The maximum absolute atomic E-state index is 12.7. The van der Waals surface area contributed by atoms with E-state index < -0.39 is 0 Å². The van der Waals surface area contributed by atoms with Crippen molar-refractivity contribution in [1.29, 1.82) is 0 Å². The number of anilines is 1. The van der Waals surface area contributed by atoms with E-state index in [-0.39, 0.29) is 17.9 Å². The summed E-state index contributed by atoms with van der Waals surface area (Å²) in [5, 5.41) is 6.00. The molecule has 0 atom stereocenters. The minimum absolute atomic E-state index is 0.0343. The number of H-pyrrole nitrogens is 1. The highest BCUT2D eigenvalue weighted by Gasteiger charge is 2.17. The Morgan fingerprint density at radius 1 is 0.909 bits per heavy atom. The molecular formula is C26H25N5O2. The van der Waals surface area contributed by atoms with Crippen LogP contribution in [0.4, 0.5) is 5.69 Å². The van der Waals surface area contributed by atoms with Crippen LogP contribution in [0.15, 0.2) is 66.9 Å². The summed E-state index contributed by atoms with van der Waals surface area (Å²) in [4.78, 5) is 37.0. The van der Waals surface area contributed by atoms with E-state index in [9.17, 15) is 9.59 Å².